The van der Waals surface area contributed by atoms with Crippen molar-refractivity contribution < 1.29 is 14.3 Å². The smallest absolute Gasteiger partial charge is 0.359 e. The van der Waals surface area contributed by atoms with E-state index < -0.39 is 18.5 Å². The summed E-state index contributed by atoms with van der Waals surface area (Å²) < 4.78 is 6.21. The van der Waals surface area contributed by atoms with Gasteiger partial charge in [-0.2, -0.15) is 5.10 Å². The van der Waals surface area contributed by atoms with Gasteiger partial charge in [0.05, 0.1) is 0 Å². The molecule has 0 saturated heterocycles. The first-order valence-electron chi connectivity index (χ1n) is 8.57. The van der Waals surface area contributed by atoms with Gasteiger partial charge in [0.15, 0.2) is 12.3 Å². The number of amides is 1. The minimum Gasteiger partial charge on any atom is -0.451 e. The summed E-state index contributed by atoms with van der Waals surface area (Å²) in [5.74, 6) is -1.14. The van der Waals surface area contributed by atoms with E-state index in [1.54, 1.807) is 0 Å². The number of nitrogens with one attached hydrogen (secondary N) is 1. The zero-order chi connectivity index (χ0) is 18.9. The normalized spacial score (nSPS) is 10.4. The minimum atomic E-state index is -0.735. The van der Waals surface area contributed by atoms with E-state index >= 15 is 0 Å². The number of benzene rings is 1. The molecule has 0 saturated carbocycles. The van der Waals surface area contributed by atoms with Gasteiger partial charge in [0.1, 0.15) is 0 Å². The summed E-state index contributed by atoms with van der Waals surface area (Å²) in [6.07, 6.45) is 1.69. The van der Waals surface area contributed by atoms with Gasteiger partial charge in [-0.25, -0.2) is 9.48 Å². The van der Waals surface area contributed by atoms with Crippen LogP contribution in [0.4, 0.5) is 0 Å². The van der Waals surface area contributed by atoms with Gasteiger partial charge < -0.3 is 10.1 Å². The molecule has 1 heterocycles. The fourth-order valence-corrected chi connectivity index (χ4v) is 2.28. The Morgan fingerprint density at radius 1 is 1.19 bits per heavy atom. The molecule has 138 valence electrons. The van der Waals surface area contributed by atoms with Crippen molar-refractivity contribution in [3.8, 4) is 0 Å². The predicted octanol–water partition coefficient (Wildman–Crippen LogP) is 1.83. The highest BCUT2D eigenvalue weighted by Gasteiger charge is 2.13. The predicted molar refractivity (Wildman–Crippen MR) is 96.7 cm³/mol. The lowest BCUT2D eigenvalue weighted by molar-refractivity contribution is -0.124. The zero-order valence-corrected chi connectivity index (χ0v) is 15.0. The van der Waals surface area contributed by atoms with Crippen LogP contribution >= 0.6 is 0 Å². The van der Waals surface area contributed by atoms with Crippen molar-refractivity contribution in [2.75, 3.05) is 6.61 Å². The molecule has 0 spiro atoms. The first kappa shape index (κ1) is 19.4. The van der Waals surface area contributed by atoms with Crippen molar-refractivity contribution in [2.24, 2.45) is 0 Å². The summed E-state index contributed by atoms with van der Waals surface area (Å²) in [6, 6.07) is 10.3. The van der Waals surface area contributed by atoms with Crippen molar-refractivity contribution in [1.29, 1.82) is 0 Å². The number of aromatic nitrogens is 2. The highest BCUT2D eigenvalue weighted by molar-refractivity contribution is 5.89. The highest BCUT2D eigenvalue weighted by atomic mass is 16.5. The van der Waals surface area contributed by atoms with Gasteiger partial charge in [-0.3, -0.25) is 9.59 Å². The van der Waals surface area contributed by atoms with Crippen LogP contribution in [0.15, 0.2) is 41.2 Å². The number of ether oxygens (including phenoxy) is 1. The minimum absolute atomic E-state index is 0.00686. The monoisotopic (exact) mass is 357 g/mol. The van der Waals surface area contributed by atoms with E-state index in [9.17, 15) is 14.4 Å². The molecule has 0 radical (unpaired) electrons. The number of carbonyl (C=O) groups is 2. The number of unbranched alkanes of at least 4 members (excludes halogenated alkanes) is 1. The summed E-state index contributed by atoms with van der Waals surface area (Å²) in [6.45, 7) is 4.36. The Labute approximate surface area is 152 Å². The van der Waals surface area contributed by atoms with E-state index in [1.807, 2.05) is 38.1 Å². The van der Waals surface area contributed by atoms with Gasteiger partial charge in [-0.15, -0.1) is 0 Å². The van der Waals surface area contributed by atoms with Gasteiger partial charge >= 0.3 is 5.97 Å². The largest absolute Gasteiger partial charge is 0.451 e. The van der Waals surface area contributed by atoms with E-state index in [-0.39, 0.29) is 11.3 Å². The quantitative estimate of drug-likeness (QED) is 0.728. The maximum absolute atomic E-state index is 12.0. The van der Waals surface area contributed by atoms with Gasteiger partial charge in [0.2, 0.25) is 0 Å². The number of hydrogen-bond acceptors (Lipinski definition) is 5. The molecule has 0 fully saturated rings. The number of esters is 1. The van der Waals surface area contributed by atoms with Crippen LogP contribution in [-0.4, -0.2) is 28.3 Å². The molecule has 1 N–H and O–H groups in total. The Balaban J connectivity index is 1.87. The molecule has 26 heavy (non-hydrogen) atoms. The molecule has 7 nitrogen and oxygen atoms in total. The van der Waals surface area contributed by atoms with Gasteiger partial charge in [-0.1, -0.05) is 37.6 Å². The van der Waals surface area contributed by atoms with Crippen LogP contribution in [0.2, 0.25) is 0 Å². The third kappa shape index (κ3) is 5.54. The maximum atomic E-state index is 12.0. The Kier molecular flexibility index (Phi) is 7.08. The second-order valence-electron chi connectivity index (χ2n) is 5.91. The molecular formula is C19H23N3O4. The lowest BCUT2D eigenvalue weighted by atomic mass is 10.1. The maximum Gasteiger partial charge on any atom is 0.359 e. The molecule has 0 aliphatic heterocycles. The third-order valence-electron chi connectivity index (χ3n) is 3.87. The summed E-state index contributed by atoms with van der Waals surface area (Å²) in [5, 5.41) is 6.69. The molecule has 0 aliphatic carbocycles. The summed E-state index contributed by atoms with van der Waals surface area (Å²) >= 11 is 0. The molecule has 7 heteroatoms. The molecule has 1 aromatic heterocycles. The zero-order valence-electron chi connectivity index (χ0n) is 15.0. The van der Waals surface area contributed by atoms with Crippen LogP contribution in [0.3, 0.4) is 0 Å². The van der Waals surface area contributed by atoms with Gasteiger partial charge in [-0.05, 0) is 30.5 Å². The van der Waals surface area contributed by atoms with Crippen molar-refractivity contribution in [2.45, 2.75) is 39.8 Å². The fourth-order valence-electron chi connectivity index (χ4n) is 2.28. The molecule has 0 atom stereocenters. The van der Waals surface area contributed by atoms with Crippen molar-refractivity contribution in [3.05, 3.63) is 63.6 Å². The Morgan fingerprint density at radius 3 is 2.69 bits per heavy atom. The van der Waals surface area contributed by atoms with Crippen LogP contribution in [-0.2, 0) is 22.6 Å². The third-order valence-corrected chi connectivity index (χ3v) is 3.87. The molecule has 2 rings (SSSR count). The molecular weight excluding hydrogens is 334 g/mol. The number of hydrogen-bond donors (Lipinski definition) is 1. The molecule has 0 unspecified atom stereocenters. The Morgan fingerprint density at radius 2 is 1.96 bits per heavy atom. The molecule has 0 bridgehead atoms. The van der Waals surface area contributed by atoms with E-state index in [0.29, 0.717) is 13.1 Å². The van der Waals surface area contributed by atoms with Crippen LogP contribution in [0.1, 0.15) is 41.4 Å². The van der Waals surface area contributed by atoms with Crippen LogP contribution in [0.25, 0.3) is 0 Å². The number of aryl methyl sites for hydroxylation is 2. The SMILES string of the molecule is CCCCn1nc(C(=O)OCC(=O)NCc2ccccc2C)ccc1=O. The Bertz CT molecular complexity index is 830. The van der Waals surface area contributed by atoms with Crippen molar-refractivity contribution in [3.63, 3.8) is 0 Å². The molecule has 2 aromatic rings. The topological polar surface area (TPSA) is 90.3 Å². The fraction of sp³-hybridized carbons (Fsp3) is 0.368. The lowest BCUT2D eigenvalue weighted by Gasteiger charge is -2.09. The summed E-state index contributed by atoms with van der Waals surface area (Å²) in [5.41, 5.74) is 1.80. The number of carbonyl (C=O) groups excluding carboxylic acids is 2. The lowest BCUT2D eigenvalue weighted by Crippen LogP contribution is -2.29. The van der Waals surface area contributed by atoms with Gasteiger partial charge in [0, 0.05) is 19.2 Å². The standard InChI is InChI=1S/C19H23N3O4/c1-3-4-11-22-18(24)10-9-16(21-22)19(25)26-13-17(23)20-12-15-8-6-5-7-14(15)2/h5-10H,3-4,11-13H2,1-2H3,(H,20,23). The second kappa shape index (κ2) is 9.50. The van der Waals surface area contributed by atoms with Crippen LogP contribution in [0.5, 0.6) is 0 Å². The molecule has 0 aliphatic rings. The average molecular weight is 357 g/mol. The number of rotatable bonds is 8. The van der Waals surface area contributed by atoms with Crippen LogP contribution < -0.4 is 10.9 Å². The van der Waals surface area contributed by atoms with E-state index in [0.717, 1.165) is 24.0 Å². The summed E-state index contributed by atoms with van der Waals surface area (Å²) in [4.78, 5) is 35.6. The first-order valence-corrected chi connectivity index (χ1v) is 8.57. The van der Waals surface area contributed by atoms with Crippen molar-refractivity contribution in [1.82, 2.24) is 15.1 Å². The van der Waals surface area contributed by atoms with Crippen molar-refractivity contribution >= 4 is 11.9 Å². The average Bonchev–Trinajstić information content (AvgIpc) is 2.64. The Hall–Kier alpha value is -2.96. The molecule has 1 amide bonds. The van der Waals surface area contributed by atoms with Gasteiger partial charge in [0.25, 0.3) is 11.5 Å². The highest BCUT2D eigenvalue weighted by Crippen LogP contribution is 2.06. The first-order chi connectivity index (χ1) is 12.5. The number of nitrogens with zero attached hydrogens (tertiary/aromatic N) is 2. The van der Waals surface area contributed by atoms with E-state index in [1.165, 1.54) is 16.8 Å². The van der Waals surface area contributed by atoms with E-state index in [2.05, 4.69) is 10.4 Å². The van der Waals surface area contributed by atoms with Crippen LogP contribution in [0, 0.1) is 6.92 Å². The molecule has 1 aromatic carbocycles. The summed E-state index contributed by atoms with van der Waals surface area (Å²) in [7, 11) is 0. The van der Waals surface area contributed by atoms with E-state index in [4.69, 9.17) is 4.74 Å². The second-order valence-corrected chi connectivity index (χ2v) is 5.91.